The Hall–Kier alpha value is -3.16. The third-order valence-corrected chi connectivity index (χ3v) is 5.52. The highest BCUT2D eigenvalue weighted by atomic mass is 16.5. The summed E-state index contributed by atoms with van der Waals surface area (Å²) in [4.78, 5) is 25.8. The van der Waals surface area contributed by atoms with Crippen LogP contribution in [0.1, 0.15) is 34.1 Å². The lowest BCUT2D eigenvalue weighted by molar-refractivity contribution is -0.133. The third kappa shape index (κ3) is 3.50. The highest BCUT2D eigenvalue weighted by molar-refractivity contribution is 5.93. The van der Waals surface area contributed by atoms with Crippen LogP contribution in [0.25, 0.3) is 10.9 Å². The Kier molecular flexibility index (Phi) is 5.08. The first-order valence-corrected chi connectivity index (χ1v) is 9.66. The van der Waals surface area contributed by atoms with Gasteiger partial charge in [-0.2, -0.15) is 0 Å². The lowest BCUT2D eigenvalue weighted by atomic mass is 10.0. The molecule has 0 fully saturated rings. The van der Waals surface area contributed by atoms with E-state index in [2.05, 4.69) is 16.7 Å². The standard InChI is InChI=1S/C22H24N4O3/c1-14(23)22(28)25-11-10-20-18(13-25)17-4-2-3-5-19(17)26(20)12-15-6-8-16(9-7-15)21(27)24-29/h2-9,14,29H,10-13,23H2,1H3,(H,24,27). The minimum Gasteiger partial charge on any atom is -0.340 e. The zero-order valence-corrected chi connectivity index (χ0v) is 16.3. The smallest absolute Gasteiger partial charge is 0.274 e. The molecule has 1 aromatic heterocycles. The molecule has 4 rings (SSSR count). The van der Waals surface area contributed by atoms with Gasteiger partial charge in [-0.3, -0.25) is 14.8 Å². The zero-order valence-electron chi connectivity index (χ0n) is 16.3. The van der Waals surface area contributed by atoms with Crippen LogP contribution in [-0.4, -0.2) is 39.1 Å². The van der Waals surface area contributed by atoms with Gasteiger partial charge in [-0.05, 0) is 30.7 Å². The average molecular weight is 392 g/mol. The molecule has 1 unspecified atom stereocenters. The Morgan fingerprint density at radius 2 is 1.90 bits per heavy atom. The first kappa shape index (κ1) is 19.2. The Morgan fingerprint density at radius 1 is 1.17 bits per heavy atom. The van der Waals surface area contributed by atoms with E-state index in [1.54, 1.807) is 24.5 Å². The second-order valence-electron chi connectivity index (χ2n) is 7.46. The van der Waals surface area contributed by atoms with Crippen LogP contribution < -0.4 is 11.2 Å². The average Bonchev–Trinajstić information content (AvgIpc) is 3.06. The Labute approximate surface area is 168 Å². The molecule has 2 aromatic carbocycles. The number of benzene rings is 2. The van der Waals surface area contributed by atoms with Crippen LogP contribution in [0, 0.1) is 0 Å². The topological polar surface area (TPSA) is 101 Å². The molecule has 0 bridgehead atoms. The van der Waals surface area contributed by atoms with Crippen molar-refractivity contribution in [2.45, 2.75) is 32.5 Å². The third-order valence-electron chi connectivity index (χ3n) is 5.52. The number of carbonyl (C=O) groups excluding carboxylic acids is 2. The highest BCUT2D eigenvalue weighted by Gasteiger charge is 2.27. The molecule has 7 nitrogen and oxygen atoms in total. The van der Waals surface area contributed by atoms with Gasteiger partial charge in [0.2, 0.25) is 5.91 Å². The number of fused-ring (bicyclic) bond motifs is 3. The molecule has 0 radical (unpaired) electrons. The molecule has 1 aliphatic heterocycles. The van der Waals surface area contributed by atoms with Crippen molar-refractivity contribution in [3.05, 3.63) is 70.9 Å². The van der Waals surface area contributed by atoms with E-state index < -0.39 is 11.9 Å². The normalized spacial score (nSPS) is 14.5. The number of amides is 2. The first-order chi connectivity index (χ1) is 14.0. The fraction of sp³-hybridized carbons (Fsp3) is 0.273. The van der Waals surface area contributed by atoms with Crippen LogP contribution in [0.3, 0.4) is 0 Å². The van der Waals surface area contributed by atoms with Crippen molar-refractivity contribution < 1.29 is 14.8 Å². The van der Waals surface area contributed by atoms with Crippen LogP contribution in [0.4, 0.5) is 0 Å². The molecule has 2 heterocycles. The van der Waals surface area contributed by atoms with E-state index in [0.29, 0.717) is 25.2 Å². The summed E-state index contributed by atoms with van der Waals surface area (Å²) in [6.45, 7) is 3.61. The summed E-state index contributed by atoms with van der Waals surface area (Å²) >= 11 is 0. The van der Waals surface area contributed by atoms with Gasteiger partial charge in [-0.1, -0.05) is 30.3 Å². The van der Waals surface area contributed by atoms with Crippen molar-refractivity contribution in [2.75, 3.05) is 6.54 Å². The van der Waals surface area contributed by atoms with Gasteiger partial charge < -0.3 is 15.2 Å². The number of hydrogen-bond donors (Lipinski definition) is 3. The summed E-state index contributed by atoms with van der Waals surface area (Å²) in [6.07, 6.45) is 0.771. The molecule has 4 N–H and O–H groups in total. The summed E-state index contributed by atoms with van der Waals surface area (Å²) < 4.78 is 2.29. The Bertz CT molecular complexity index is 1070. The second kappa shape index (κ2) is 7.69. The van der Waals surface area contributed by atoms with Crippen molar-refractivity contribution in [1.82, 2.24) is 14.9 Å². The summed E-state index contributed by atoms with van der Waals surface area (Å²) in [5, 5.41) is 9.92. The van der Waals surface area contributed by atoms with Gasteiger partial charge in [0.25, 0.3) is 5.91 Å². The fourth-order valence-electron chi connectivity index (χ4n) is 4.07. The van der Waals surface area contributed by atoms with Crippen LogP contribution in [-0.2, 0) is 24.3 Å². The van der Waals surface area contributed by atoms with Crippen LogP contribution in [0.15, 0.2) is 48.5 Å². The maximum atomic E-state index is 12.4. The van der Waals surface area contributed by atoms with Gasteiger partial charge in [0, 0.05) is 53.8 Å². The molecule has 1 atom stereocenters. The number of rotatable bonds is 4. The number of hydrogen-bond acceptors (Lipinski definition) is 4. The number of nitrogens with zero attached hydrogens (tertiary/aromatic N) is 2. The largest absolute Gasteiger partial charge is 0.340 e. The van der Waals surface area contributed by atoms with Crippen molar-refractivity contribution >= 4 is 22.7 Å². The van der Waals surface area contributed by atoms with Crippen LogP contribution >= 0.6 is 0 Å². The molecule has 3 aromatic rings. The van der Waals surface area contributed by atoms with E-state index in [1.807, 2.05) is 29.2 Å². The summed E-state index contributed by atoms with van der Waals surface area (Å²) in [5.74, 6) is -0.551. The molecule has 29 heavy (non-hydrogen) atoms. The molecule has 0 spiro atoms. The number of nitrogens with two attached hydrogens (primary N) is 1. The van der Waals surface area contributed by atoms with Crippen molar-refractivity contribution in [2.24, 2.45) is 5.73 Å². The van der Waals surface area contributed by atoms with E-state index in [4.69, 9.17) is 10.9 Å². The van der Waals surface area contributed by atoms with Crippen molar-refractivity contribution in [3.63, 3.8) is 0 Å². The summed E-state index contributed by atoms with van der Waals surface area (Å²) in [6, 6.07) is 14.9. The predicted molar refractivity (Wildman–Crippen MR) is 110 cm³/mol. The predicted octanol–water partition coefficient (Wildman–Crippen LogP) is 2.04. The number of nitrogens with one attached hydrogen (secondary N) is 1. The number of aromatic nitrogens is 1. The zero-order chi connectivity index (χ0) is 20.5. The molecule has 0 saturated carbocycles. The number of carbonyl (C=O) groups is 2. The van der Waals surface area contributed by atoms with Crippen LogP contribution in [0.5, 0.6) is 0 Å². The van der Waals surface area contributed by atoms with E-state index in [0.717, 1.165) is 22.9 Å². The number of hydroxylamine groups is 1. The molecule has 150 valence electrons. The highest BCUT2D eigenvalue weighted by Crippen LogP contribution is 2.31. The molecule has 0 saturated heterocycles. The Balaban J connectivity index is 1.70. The maximum absolute atomic E-state index is 12.4. The quantitative estimate of drug-likeness (QED) is 0.467. The SMILES string of the molecule is CC(N)C(=O)N1CCc2c(c3ccccc3n2Cc2ccc(C(=O)NO)cc2)C1. The van der Waals surface area contributed by atoms with Gasteiger partial charge >= 0.3 is 0 Å². The monoisotopic (exact) mass is 392 g/mol. The lowest BCUT2D eigenvalue weighted by Crippen LogP contribution is -2.44. The first-order valence-electron chi connectivity index (χ1n) is 9.66. The van der Waals surface area contributed by atoms with Gasteiger partial charge in [0.1, 0.15) is 0 Å². The molecule has 2 amide bonds. The van der Waals surface area contributed by atoms with Gasteiger partial charge in [0.05, 0.1) is 6.04 Å². The molecule has 0 aliphatic carbocycles. The second-order valence-corrected chi connectivity index (χ2v) is 7.46. The van der Waals surface area contributed by atoms with Crippen LogP contribution in [0.2, 0.25) is 0 Å². The van der Waals surface area contributed by atoms with Crippen molar-refractivity contribution in [3.8, 4) is 0 Å². The van der Waals surface area contributed by atoms with E-state index in [1.165, 1.54) is 11.3 Å². The van der Waals surface area contributed by atoms with Gasteiger partial charge in [-0.25, -0.2) is 5.48 Å². The molecular formula is C22H24N4O3. The molecular weight excluding hydrogens is 368 g/mol. The van der Waals surface area contributed by atoms with Gasteiger partial charge in [0.15, 0.2) is 0 Å². The number of para-hydroxylation sites is 1. The van der Waals surface area contributed by atoms with E-state index in [9.17, 15) is 9.59 Å². The maximum Gasteiger partial charge on any atom is 0.274 e. The molecule has 7 heteroatoms. The van der Waals surface area contributed by atoms with Gasteiger partial charge in [-0.15, -0.1) is 0 Å². The lowest BCUT2D eigenvalue weighted by Gasteiger charge is -2.29. The van der Waals surface area contributed by atoms with E-state index in [-0.39, 0.29) is 5.91 Å². The summed E-state index contributed by atoms with van der Waals surface area (Å²) in [7, 11) is 0. The molecule has 1 aliphatic rings. The Morgan fingerprint density at radius 3 is 2.59 bits per heavy atom. The van der Waals surface area contributed by atoms with Crippen molar-refractivity contribution in [1.29, 1.82) is 0 Å². The van der Waals surface area contributed by atoms with E-state index >= 15 is 0 Å². The minimum absolute atomic E-state index is 0.0229. The summed E-state index contributed by atoms with van der Waals surface area (Å²) in [5.41, 5.74) is 12.5. The fourth-order valence-corrected chi connectivity index (χ4v) is 4.07. The minimum atomic E-state index is -0.528.